The first-order chi connectivity index (χ1) is 8.52. The van der Waals surface area contributed by atoms with Gasteiger partial charge in [-0.15, -0.1) is 0 Å². The van der Waals surface area contributed by atoms with Crippen molar-refractivity contribution in [3.8, 4) is 0 Å². The number of hydrogen-bond donors (Lipinski definition) is 2. The molecule has 0 radical (unpaired) electrons. The summed E-state index contributed by atoms with van der Waals surface area (Å²) in [6, 6.07) is 6.91. The van der Waals surface area contributed by atoms with Gasteiger partial charge >= 0.3 is 8.56 Å². The van der Waals surface area contributed by atoms with Gasteiger partial charge in [-0.05, 0) is 43.6 Å². The van der Waals surface area contributed by atoms with Gasteiger partial charge < -0.3 is 19.9 Å². The van der Waals surface area contributed by atoms with E-state index in [1.165, 1.54) is 0 Å². The van der Waals surface area contributed by atoms with Gasteiger partial charge in [-0.25, -0.2) is 0 Å². The van der Waals surface area contributed by atoms with Crippen molar-refractivity contribution >= 4 is 19.9 Å². The molecular weight excluding hydrogens is 244 g/mol. The highest BCUT2D eigenvalue weighted by molar-refractivity contribution is 6.65. The summed E-state index contributed by atoms with van der Waals surface area (Å²) >= 11 is 0. The number of rotatable bonds is 7. The maximum atomic E-state index is 5.86. The SMILES string of the molecule is CO[Si](C)(CCCNc1cccc(N)c1C)OC. The molecule has 0 fully saturated rings. The number of anilines is 2. The monoisotopic (exact) mass is 268 g/mol. The number of nitrogens with one attached hydrogen (secondary N) is 1. The molecule has 5 heteroatoms. The van der Waals surface area contributed by atoms with Crippen molar-refractivity contribution in [1.29, 1.82) is 0 Å². The number of nitrogen functional groups attached to an aromatic ring is 1. The molecule has 4 nitrogen and oxygen atoms in total. The van der Waals surface area contributed by atoms with Gasteiger partial charge in [0.1, 0.15) is 0 Å². The zero-order valence-electron chi connectivity index (χ0n) is 11.7. The van der Waals surface area contributed by atoms with E-state index in [1.807, 2.05) is 19.1 Å². The first-order valence-corrected chi connectivity index (χ1v) is 8.74. The molecule has 0 spiro atoms. The van der Waals surface area contributed by atoms with Gasteiger partial charge in [0, 0.05) is 32.1 Å². The van der Waals surface area contributed by atoms with E-state index in [9.17, 15) is 0 Å². The molecule has 0 amide bonds. The summed E-state index contributed by atoms with van der Waals surface area (Å²) in [5.74, 6) is 0. The van der Waals surface area contributed by atoms with Crippen LogP contribution < -0.4 is 11.1 Å². The average molecular weight is 268 g/mol. The third kappa shape index (κ3) is 4.01. The van der Waals surface area contributed by atoms with Crippen molar-refractivity contribution in [1.82, 2.24) is 0 Å². The zero-order valence-corrected chi connectivity index (χ0v) is 12.7. The number of nitrogens with two attached hydrogens (primary N) is 1. The van der Waals surface area contributed by atoms with Crippen LogP contribution in [0.5, 0.6) is 0 Å². The molecule has 0 aromatic heterocycles. The smallest absolute Gasteiger partial charge is 0.334 e. The fourth-order valence-electron chi connectivity index (χ4n) is 1.77. The molecule has 0 bridgehead atoms. The van der Waals surface area contributed by atoms with Gasteiger partial charge in [0.05, 0.1) is 0 Å². The maximum absolute atomic E-state index is 5.86. The van der Waals surface area contributed by atoms with Crippen molar-refractivity contribution in [2.45, 2.75) is 25.9 Å². The molecule has 102 valence electrons. The van der Waals surface area contributed by atoms with Crippen LogP contribution in [0, 0.1) is 6.92 Å². The van der Waals surface area contributed by atoms with Crippen molar-refractivity contribution in [2.75, 3.05) is 31.8 Å². The van der Waals surface area contributed by atoms with E-state index >= 15 is 0 Å². The van der Waals surface area contributed by atoms with Crippen LogP contribution in [-0.2, 0) is 8.85 Å². The second-order valence-corrected chi connectivity index (χ2v) is 8.18. The summed E-state index contributed by atoms with van der Waals surface area (Å²) < 4.78 is 10.9. The topological polar surface area (TPSA) is 56.5 Å². The molecule has 0 atom stereocenters. The van der Waals surface area contributed by atoms with E-state index in [0.29, 0.717) is 0 Å². The highest BCUT2D eigenvalue weighted by atomic mass is 28.4. The molecule has 1 aromatic carbocycles. The average Bonchev–Trinajstić information content (AvgIpc) is 2.39. The Morgan fingerprint density at radius 2 is 1.94 bits per heavy atom. The first kappa shape index (κ1) is 15.0. The largest absolute Gasteiger partial charge is 0.398 e. The fourth-order valence-corrected chi connectivity index (χ4v) is 3.16. The summed E-state index contributed by atoms with van der Waals surface area (Å²) in [6.45, 7) is 5.01. The zero-order chi connectivity index (χ0) is 13.6. The Bertz CT molecular complexity index is 381. The normalized spacial score (nSPS) is 11.6. The van der Waals surface area contributed by atoms with E-state index in [2.05, 4.69) is 17.9 Å². The van der Waals surface area contributed by atoms with Crippen LogP contribution in [0.2, 0.25) is 12.6 Å². The van der Waals surface area contributed by atoms with Crippen LogP contribution in [0.1, 0.15) is 12.0 Å². The minimum atomic E-state index is -1.92. The first-order valence-electron chi connectivity index (χ1n) is 6.21. The van der Waals surface area contributed by atoms with Crippen LogP contribution in [0.4, 0.5) is 11.4 Å². The molecule has 3 N–H and O–H groups in total. The lowest BCUT2D eigenvalue weighted by atomic mass is 10.1. The standard InChI is InChI=1S/C13H24N2O2Si/c1-11-12(14)7-5-8-13(11)15-9-6-10-18(4,16-2)17-3/h5,7-8,15H,6,9-10,14H2,1-4H3. The van der Waals surface area contributed by atoms with Crippen molar-refractivity contribution in [3.63, 3.8) is 0 Å². The lowest BCUT2D eigenvalue weighted by Gasteiger charge is -2.22. The Kier molecular flexibility index (Phi) is 5.65. The van der Waals surface area contributed by atoms with Gasteiger partial charge in [0.2, 0.25) is 0 Å². The summed E-state index contributed by atoms with van der Waals surface area (Å²) in [7, 11) is 1.53. The molecule has 0 aliphatic carbocycles. The summed E-state index contributed by atoms with van der Waals surface area (Å²) in [5, 5.41) is 3.41. The van der Waals surface area contributed by atoms with Crippen molar-refractivity contribution < 1.29 is 8.85 Å². The number of benzene rings is 1. The Morgan fingerprint density at radius 1 is 1.28 bits per heavy atom. The van der Waals surface area contributed by atoms with E-state index in [1.54, 1.807) is 14.2 Å². The van der Waals surface area contributed by atoms with E-state index in [4.69, 9.17) is 14.6 Å². The molecular formula is C13H24N2O2Si. The minimum absolute atomic E-state index is 0.827. The molecule has 18 heavy (non-hydrogen) atoms. The third-order valence-corrected chi connectivity index (χ3v) is 6.35. The molecule has 0 aliphatic heterocycles. The molecule has 0 saturated carbocycles. The Morgan fingerprint density at radius 3 is 2.56 bits per heavy atom. The lowest BCUT2D eigenvalue weighted by molar-refractivity contribution is 0.249. The van der Waals surface area contributed by atoms with Crippen molar-refractivity contribution in [2.24, 2.45) is 0 Å². The second-order valence-electron chi connectivity index (χ2n) is 4.59. The van der Waals surface area contributed by atoms with Gasteiger partial charge in [-0.1, -0.05) is 6.07 Å². The fraction of sp³-hybridized carbons (Fsp3) is 0.538. The number of hydrogen-bond acceptors (Lipinski definition) is 4. The Labute approximate surface area is 111 Å². The Balaban J connectivity index is 2.41. The van der Waals surface area contributed by atoms with Gasteiger partial charge in [0.25, 0.3) is 0 Å². The van der Waals surface area contributed by atoms with Gasteiger partial charge in [0.15, 0.2) is 0 Å². The lowest BCUT2D eigenvalue weighted by Crippen LogP contribution is -2.36. The van der Waals surface area contributed by atoms with E-state index in [0.717, 1.165) is 35.9 Å². The predicted molar refractivity (Wildman–Crippen MR) is 79.1 cm³/mol. The summed E-state index contributed by atoms with van der Waals surface area (Å²) in [5.41, 5.74) is 8.90. The summed E-state index contributed by atoms with van der Waals surface area (Å²) in [6.07, 6.45) is 1.03. The molecule has 0 aliphatic rings. The molecule has 0 saturated heterocycles. The Hall–Kier alpha value is -1.04. The van der Waals surface area contributed by atoms with Crippen LogP contribution >= 0.6 is 0 Å². The van der Waals surface area contributed by atoms with Gasteiger partial charge in [-0.3, -0.25) is 0 Å². The van der Waals surface area contributed by atoms with E-state index in [-0.39, 0.29) is 0 Å². The van der Waals surface area contributed by atoms with Crippen LogP contribution in [0.3, 0.4) is 0 Å². The predicted octanol–water partition coefficient (Wildman–Crippen LogP) is 2.74. The quantitative estimate of drug-likeness (QED) is 0.453. The third-order valence-electron chi connectivity index (χ3n) is 3.36. The van der Waals surface area contributed by atoms with Crippen LogP contribution in [-0.4, -0.2) is 29.3 Å². The maximum Gasteiger partial charge on any atom is 0.334 e. The molecule has 0 heterocycles. The molecule has 1 aromatic rings. The molecule has 1 rings (SSSR count). The second kappa shape index (κ2) is 6.77. The molecule has 0 unspecified atom stereocenters. The van der Waals surface area contributed by atoms with Crippen LogP contribution in [0.25, 0.3) is 0 Å². The van der Waals surface area contributed by atoms with Crippen molar-refractivity contribution in [3.05, 3.63) is 23.8 Å². The minimum Gasteiger partial charge on any atom is -0.398 e. The van der Waals surface area contributed by atoms with Gasteiger partial charge in [-0.2, -0.15) is 0 Å². The highest BCUT2D eigenvalue weighted by Crippen LogP contribution is 2.21. The summed E-state index contributed by atoms with van der Waals surface area (Å²) in [4.78, 5) is 0. The van der Waals surface area contributed by atoms with E-state index < -0.39 is 8.56 Å². The highest BCUT2D eigenvalue weighted by Gasteiger charge is 2.27. The van der Waals surface area contributed by atoms with Crippen LogP contribution in [0.15, 0.2) is 18.2 Å².